The summed E-state index contributed by atoms with van der Waals surface area (Å²) in [4.78, 5) is 4.50. The fourth-order valence-electron chi connectivity index (χ4n) is 1.56. The molecule has 0 fully saturated rings. The smallest absolute Gasteiger partial charge is 0.156 e. The molecule has 1 aliphatic rings. The van der Waals surface area contributed by atoms with Crippen LogP contribution in [0.1, 0.15) is 46.0 Å². The van der Waals surface area contributed by atoms with Crippen LogP contribution in [0.25, 0.3) is 0 Å². The summed E-state index contributed by atoms with van der Waals surface area (Å²) in [6, 6.07) is 0. The zero-order chi connectivity index (χ0) is 10.2. The van der Waals surface area contributed by atoms with Crippen LogP contribution >= 0.6 is 11.8 Å². The zero-order valence-corrected chi connectivity index (χ0v) is 10.2. The third-order valence-corrected chi connectivity index (χ3v) is 3.60. The highest BCUT2D eigenvalue weighted by molar-refractivity contribution is 8.14. The number of hydrogen-bond acceptors (Lipinski definition) is 3. The van der Waals surface area contributed by atoms with Crippen LogP contribution in [0.5, 0.6) is 0 Å². The van der Waals surface area contributed by atoms with Gasteiger partial charge in [0.25, 0.3) is 0 Å². The summed E-state index contributed by atoms with van der Waals surface area (Å²) in [5.74, 6) is 0. The van der Waals surface area contributed by atoms with Gasteiger partial charge in [0.2, 0.25) is 0 Å². The predicted molar refractivity (Wildman–Crippen MR) is 66.1 cm³/mol. The Balaban J connectivity index is 2.03. The lowest BCUT2D eigenvalue weighted by Crippen LogP contribution is -2.20. The van der Waals surface area contributed by atoms with Crippen molar-refractivity contribution < 1.29 is 0 Å². The van der Waals surface area contributed by atoms with E-state index in [1.807, 2.05) is 11.8 Å². The van der Waals surface area contributed by atoms with E-state index in [2.05, 4.69) is 24.2 Å². The number of rotatable bonds is 6. The molecule has 1 heterocycles. The number of aliphatic imine (C=N–C) groups is 1. The molecule has 0 aromatic heterocycles. The summed E-state index contributed by atoms with van der Waals surface area (Å²) in [5, 5.41) is 5.34. The van der Waals surface area contributed by atoms with E-state index >= 15 is 0 Å². The summed E-state index contributed by atoms with van der Waals surface area (Å²) >= 11 is 1.93. The first-order valence-corrected chi connectivity index (χ1v) is 6.69. The number of amidine groups is 1. The average molecular weight is 214 g/mol. The molecule has 0 saturated heterocycles. The molecule has 1 atom stereocenters. The Bertz CT molecular complexity index is 180. The summed E-state index contributed by atoms with van der Waals surface area (Å²) in [7, 11) is 0. The van der Waals surface area contributed by atoms with Crippen molar-refractivity contribution in [3.8, 4) is 0 Å². The van der Waals surface area contributed by atoms with Gasteiger partial charge in [0.15, 0.2) is 5.17 Å². The molecule has 3 heteroatoms. The van der Waals surface area contributed by atoms with Crippen LogP contribution in [-0.4, -0.2) is 23.5 Å². The monoisotopic (exact) mass is 214 g/mol. The molecule has 0 aromatic rings. The number of thioether (sulfide) groups is 1. The van der Waals surface area contributed by atoms with E-state index in [0.717, 1.165) is 18.3 Å². The number of nitrogens with zero attached hydrogens (tertiary/aromatic N) is 1. The standard InChI is InChI=1S/C11H22N2S/c1-3-5-6-8-12-11-13-9-10(14-11)7-4-2/h10H,3-9H2,1-2H3,(H,12,13). The van der Waals surface area contributed by atoms with Gasteiger partial charge in [-0.25, -0.2) is 0 Å². The molecule has 82 valence electrons. The molecule has 0 radical (unpaired) electrons. The summed E-state index contributed by atoms with van der Waals surface area (Å²) in [6.07, 6.45) is 6.46. The molecule has 14 heavy (non-hydrogen) atoms. The summed E-state index contributed by atoms with van der Waals surface area (Å²) in [6.45, 7) is 6.60. The van der Waals surface area contributed by atoms with Gasteiger partial charge in [-0.05, 0) is 12.8 Å². The minimum atomic E-state index is 0.744. The van der Waals surface area contributed by atoms with Gasteiger partial charge < -0.3 is 5.32 Å². The Morgan fingerprint density at radius 1 is 1.36 bits per heavy atom. The van der Waals surface area contributed by atoms with Gasteiger partial charge in [-0.3, -0.25) is 4.99 Å². The molecule has 0 saturated carbocycles. The topological polar surface area (TPSA) is 24.4 Å². The molecule has 1 unspecified atom stereocenters. The molecular weight excluding hydrogens is 192 g/mol. The lowest BCUT2D eigenvalue weighted by molar-refractivity contribution is 0.697. The molecule has 0 bridgehead atoms. The molecule has 0 spiro atoms. The highest BCUT2D eigenvalue weighted by Crippen LogP contribution is 2.23. The fraction of sp³-hybridized carbons (Fsp3) is 0.909. The van der Waals surface area contributed by atoms with Crippen LogP contribution in [0, 0.1) is 0 Å². The van der Waals surface area contributed by atoms with Gasteiger partial charge in [-0.15, -0.1) is 0 Å². The SMILES string of the molecule is CCCCCNC1=NCC(CCC)S1. The highest BCUT2D eigenvalue weighted by Gasteiger charge is 2.17. The van der Waals surface area contributed by atoms with E-state index in [-0.39, 0.29) is 0 Å². The van der Waals surface area contributed by atoms with Gasteiger partial charge in [0.05, 0.1) is 6.54 Å². The van der Waals surface area contributed by atoms with Crippen LogP contribution in [0.15, 0.2) is 4.99 Å². The molecule has 0 amide bonds. The van der Waals surface area contributed by atoms with Crippen LogP contribution in [0.4, 0.5) is 0 Å². The van der Waals surface area contributed by atoms with Crippen molar-refractivity contribution in [1.29, 1.82) is 0 Å². The van der Waals surface area contributed by atoms with Crippen molar-refractivity contribution in [2.45, 2.75) is 51.2 Å². The van der Waals surface area contributed by atoms with Crippen LogP contribution in [-0.2, 0) is 0 Å². The first-order chi connectivity index (χ1) is 6.86. The Labute approximate surface area is 92.0 Å². The molecule has 2 nitrogen and oxygen atoms in total. The maximum atomic E-state index is 4.50. The van der Waals surface area contributed by atoms with E-state index in [4.69, 9.17) is 0 Å². The van der Waals surface area contributed by atoms with Crippen LogP contribution < -0.4 is 5.32 Å². The summed E-state index contributed by atoms with van der Waals surface area (Å²) in [5.41, 5.74) is 0. The first-order valence-electron chi connectivity index (χ1n) is 5.81. The fourth-order valence-corrected chi connectivity index (χ4v) is 2.71. The third-order valence-electron chi connectivity index (χ3n) is 2.38. The predicted octanol–water partition coefficient (Wildman–Crippen LogP) is 3.04. The Hall–Kier alpha value is -0.180. The summed E-state index contributed by atoms with van der Waals surface area (Å²) < 4.78 is 0. The Morgan fingerprint density at radius 3 is 2.93 bits per heavy atom. The number of unbranched alkanes of at least 4 members (excludes halogenated alkanes) is 2. The minimum Gasteiger partial charge on any atom is -0.365 e. The largest absolute Gasteiger partial charge is 0.365 e. The average Bonchev–Trinajstić information content (AvgIpc) is 2.61. The molecule has 1 N–H and O–H groups in total. The van der Waals surface area contributed by atoms with Gasteiger partial charge in [0, 0.05) is 11.8 Å². The van der Waals surface area contributed by atoms with E-state index in [0.29, 0.717) is 0 Å². The van der Waals surface area contributed by atoms with Gasteiger partial charge in [-0.2, -0.15) is 0 Å². The van der Waals surface area contributed by atoms with E-state index in [1.165, 1.54) is 37.3 Å². The Morgan fingerprint density at radius 2 is 2.21 bits per heavy atom. The lowest BCUT2D eigenvalue weighted by atomic mass is 10.2. The molecular formula is C11H22N2S. The number of hydrogen-bond donors (Lipinski definition) is 1. The lowest BCUT2D eigenvalue weighted by Gasteiger charge is -2.07. The maximum Gasteiger partial charge on any atom is 0.156 e. The quantitative estimate of drug-likeness (QED) is 0.687. The van der Waals surface area contributed by atoms with Crippen LogP contribution in [0.3, 0.4) is 0 Å². The molecule has 0 aromatic carbocycles. The molecule has 1 rings (SSSR count). The van der Waals surface area contributed by atoms with Crippen molar-refractivity contribution >= 4 is 16.9 Å². The second-order valence-corrected chi connectivity index (χ2v) is 5.10. The van der Waals surface area contributed by atoms with Crippen molar-refractivity contribution in [3.63, 3.8) is 0 Å². The Kier molecular flexibility index (Phi) is 6.08. The third kappa shape index (κ3) is 4.36. The van der Waals surface area contributed by atoms with Crippen molar-refractivity contribution in [2.24, 2.45) is 4.99 Å². The van der Waals surface area contributed by atoms with Gasteiger partial charge in [0.1, 0.15) is 0 Å². The zero-order valence-electron chi connectivity index (χ0n) is 9.38. The van der Waals surface area contributed by atoms with E-state index < -0.39 is 0 Å². The van der Waals surface area contributed by atoms with Crippen LogP contribution in [0.2, 0.25) is 0 Å². The van der Waals surface area contributed by atoms with Gasteiger partial charge >= 0.3 is 0 Å². The van der Waals surface area contributed by atoms with Crippen molar-refractivity contribution in [1.82, 2.24) is 5.32 Å². The minimum absolute atomic E-state index is 0.744. The van der Waals surface area contributed by atoms with Gasteiger partial charge in [-0.1, -0.05) is 44.9 Å². The highest BCUT2D eigenvalue weighted by atomic mass is 32.2. The normalized spacial score (nSPS) is 21.0. The second kappa shape index (κ2) is 7.16. The first kappa shape index (κ1) is 11.9. The molecule has 1 aliphatic heterocycles. The van der Waals surface area contributed by atoms with Crippen molar-refractivity contribution in [2.75, 3.05) is 13.1 Å². The molecule has 0 aliphatic carbocycles. The van der Waals surface area contributed by atoms with E-state index in [9.17, 15) is 0 Å². The second-order valence-electron chi connectivity index (χ2n) is 3.81. The van der Waals surface area contributed by atoms with Crippen molar-refractivity contribution in [3.05, 3.63) is 0 Å². The maximum absolute atomic E-state index is 4.50. The van der Waals surface area contributed by atoms with E-state index in [1.54, 1.807) is 0 Å². The number of nitrogens with one attached hydrogen (secondary N) is 1.